The normalized spacial score (nSPS) is 20.6. The number of rotatable bonds is 2. The third kappa shape index (κ3) is 3.24. The van der Waals surface area contributed by atoms with Gasteiger partial charge in [0.05, 0.1) is 22.1 Å². The summed E-state index contributed by atoms with van der Waals surface area (Å²) >= 11 is 0. The molecule has 9 heteroatoms. The summed E-state index contributed by atoms with van der Waals surface area (Å²) in [5, 5.41) is 11.9. The molecular formula is C13H14F3N3O2S. The molecule has 1 heterocycles. The second-order valence-corrected chi connectivity index (χ2v) is 6.97. The quantitative estimate of drug-likeness (QED) is 0.891. The highest BCUT2D eigenvalue weighted by Crippen LogP contribution is 2.33. The molecule has 1 saturated heterocycles. The Bertz CT molecular complexity index is 710. The molecule has 0 aliphatic carbocycles. The Morgan fingerprint density at radius 2 is 2.09 bits per heavy atom. The van der Waals surface area contributed by atoms with Crippen molar-refractivity contribution < 1.29 is 21.6 Å². The van der Waals surface area contributed by atoms with Crippen LogP contribution in [0.25, 0.3) is 0 Å². The second kappa shape index (κ2) is 5.87. The molecule has 1 aromatic carbocycles. The average molecular weight is 333 g/mol. The minimum atomic E-state index is -4.70. The highest BCUT2D eigenvalue weighted by molar-refractivity contribution is 7.89. The monoisotopic (exact) mass is 333 g/mol. The van der Waals surface area contributed by atoms with Crippen LogP contribution >= 0.6 is 0 Å². The van der Waals surface area contributed by atoms with Gasteiger partial charge in [0.25, 0.3) is 0 Å². The van der Waals surface area contributed by atoms with Gasteiger partial charge in [-0.1, -0.05) is 0 Å². The highest BCUT2D eigenvalue weighted by atomic mass is 32.2. The smallest absolute Gasteiger partial charge is 0.312 e. The molecule has 0 saturated carbocycles. The number of nitrogens with one attached hydrogen (secondary N) is 1. The molecule has 1 fully saturated rings. The number of piperazine rings is 1. The fraction of sp³-hybridized carbons (Fsp3) is 0.462. The Labute approximate surface area is 126 Å². The first-order chi connectivity index (χ1) is 10.2. The number of alkyl halides is 3. The van der Waals surface area contributed by atoms with E-state index >= 15 is 0 Å². The zero-order valence-corrected chi connectivity index (χ0v) is 12.5. The maximum atomic E-state index is 12.8. The maximum absolute atomic E-state index is 12.8. The van der Waals surface area contributed by atoms with Crippen molar-refractivity contribution in [2.75, 3.05) is 19.6 Å². The largest absolute Gasteiger partial charge is 0.417 e. The minimum Gasteiger partial charge on any atom is -0.312 e. The van der Waals surface area contributed by atoms with Crippen molar-refractivity contribution in [1.29, 1.82) is 5.26 Å². The molecule has 0 aromatic heterocycles. The van der Waals surface area contributed by atoms with Crippen LogP contribution in [0.1, 0.15) is 18.1 Å². The summed E-state index contributed by atoms with van der Waals surface area (Å²) in [5.74, 6) is 0. The molecule has 120 valence electrons. The number of hydrogen-bond donors (Lipinski definition) is 1. The lowest BCUT2D eigenvalue weighted by Crippen LogP contribution is -2.51. The number of nitrogens with zero attached hydrogens (tertiary/aromatic N) is 2. The third-order valence-electron chi connectivity index (χ3n) is 3.39. The molecule has 1 N–H and O–H groups in total. The van der Waals surface area contributed by atoms with Gasteiger partial charge in [-0.3, -0.25) is 0 Å². The van der Waals surface area contributed by atoms with Gasteiger partial charge < -0.3 is 5.32 Å². The SMILES string of the molecule is CC1CN(S(=O)(=O)c2ccc(C(F)(F)F)c(C#N)c2)CCN1. The van der Waals surface area contributed by atoms with E-state index in [1.807, 2.05) is 6.92 Å². The van der Waals surface area contributed by atoms with Crippen molar-refractivity contribution >= 4 is 10.0 Å². The van der Waals surface area contributed by atoms with E-state index in [1.54, 1.807) is 0 Å². The van der Waals surface area contributed by atoms with Gasteiger partial charge in [0.1, 0.15) is 0 Å². The first-order valence-corrected chi connectivity index (χ1v) is 7.95. The van der Waals surface area contributed by atoms with Gasteiger partial charge >= 0.3 is 6.18 Å². The molecule has 1 atom stereocenters. The van der Waals surface area contributed by atoms with Crippen molar-refractivity contribution in [2.45, 2.75) is 24.0 Å². The van der Waals surface area contributed by atoms with Gasteiger partial charge in [0, 0.05) is 25.7 Å². The Morgan fingerprint density at radius 1 is 1.41 bits per heavy atom. The number of halogens is 3. The van der Waals surface area contributed by atoms with Crippen molar-refractivity contribution in [3.63, 3.8) is 0 Å². The standard InChI is InChI=1S/C13H14F3N3O2S/c1-9-8-19(5-4-18-9)22(20,21)11-2-3-12(13(14,15)16)10(6-11)7-17/h2-3,6,9,18H,4-5,8H2,1H3. The maximum Gasteiger partial charge on any atom is 0.417 e. The van der Waals surface area contributed by atoms with E-state index in [1.165, 1.54) is 10.4 Å². The van der Waals surface area contributed by atoms with Gasteiger partial charge in [-0.05, 0) is 25.1 Å². The molecule has 0 spiro atoms. The molecule has 0 radical (unpaired) electrons. The summed E-state index contributed by atoms with van der Waals surface area (Å²) in [6.45, 7) is 2.74. The topological polar surface area (TPSA) is 73.2 Å². The fourth-order valence-corrected chi connectivity index (χ4v) is 3.84. The van der Waals surface area contributed by atoms with Crippen molar-refractivity contribution in [1.82, 2.24) is 9.62 Å². The summed E-state index contributed by atoms with van der Waals surface area (Å²) in [6, 6.07) is 3.68. The molecule has 1 aromatic rings. The highest BCUT2D eigenvalue weighted by Gasteiger charge is 2.35. The molecule has 1 aliphatic heterocycles. The summed E-state index contributed by atoms with van der Waals surface area (Å²) in [4.78, 5) is -0.300. The number of nitriles is 1. The zero-order chi connectivity index (χ0) is 16.5. The average Bonchev–Trinajstić information content (AvgIpc) is 2.45. The van der Waals surface area contributed by atoms with E-state index < -0.39 is 27.3 Å². The van der Waals surface area contributed by atoms with Gasteiger partial charge in [0.15, 0.2) is 0 Å². The second-order valence-electron chi connectivity index (χ2n) is 5.04. The van der Waals surface area contributed by atoms with Crippen LogP contribution in [0.5, 0.6) is 0 Å². The van der Waals surface area contributed by atoms with E-state index in [2.05, 4.69) is 5.32 Å². The summed E-state index contributed by atoms with van der Waals surface area (Å²) in [6.07, 6.45) is -4.70. The first-order valence-electron chi connectivity index (χ1n) is 6.51. The van der Waals surface area contributed by atoms with Crippen LogP contribution in [0, 0.1) is 11.3 Å². The van der Waals surface area contributed by atoms with Gasteiger partial charge in [-0.2, -0.15) is 22.7 Å². The Balaban J connectivity index is 2.43. The number of sulfonamides is 1. The van der Waals surface area contributed by atoms with Gasteiger partial charge in [0.2, 0.25) is 10.0 Å². The Kier molecular flexibility index (Phi) is 4.47. The summed E-state index contributed by atoms with van der Waals surface area (Å²) < 4.78 is 64.4. The van der Waals surface area contributed by atoms with Crippen LogP contribution in [0.4, 0.5) is 13.2 Å². The van der Waals surface area contributed by atoms with Crippen LogP contribution < -0.4 is 5.32 Å². The van der Waals surface area contributed by atoms with Crippen molar-refractivity contribution in [2.24, 2.45) is 0 Å². The molecule has 5 nitrogen and oxygen atoms in total. The van der Waals surface area contributed by atoms with E-state index in [9.17, 15) is 21.6 Å². The number of benzene rings is 1. The lowest BCUT2D eigenvalue weighted by Gasteiger charge is -2.31. The van der Waals surface area contributed by atoms with E-state index in [4.69, 9.17) is 5.26 Å². The summed E-state index contributed by atoms with van der Waals surface area (Å²) in [7, 11) is -3.91. The van der Waals surface area contributed by atoms with Crippen LogP contribution in [-0.2, 0) is 16.2 Å². The predicted molar refractivity (Wildman–Crippen MR) is 72.4 cm³/mol. The van der Waals surface area contributed by atoms with Gasteiger partial charge in [-0.25, -0.2) is 8.42 Å². The van der Waals surface area contributed by atoms with Crippen LogP contribution in [0.2, 0.25) is 0 Å². The Morgan fingerprint density at radius 3 is 2.64 bits per heavy atom. The zero-order valence-electron chi connectivity index (χ0n) is 11.7. The lowest BCUT2D eigenvalue weighted by atomic mass is 10.1. The van der Waals surface area contributed by atoms with E-state index in [0.717, 1.165) is 12.1 Å². The van der Waals surface area contributed by atoms with Gasteiger partial charge in [-0.15, -0.1) is 0 Å². The van der Waals surface area contributed by atoms with Crippen molar-refractivity contribution in [3.05, 3.63) is 29.3 Å². The molecule has 2 rings (SSSR count). The third-order valence-corrected chi connectivity index (χ3v) is 5.25. The summed E-state index contributed by atoms with van der Waals surface area (Å²) in [5.41, 5.74) is -1.83. The predicted octanol–water partition coefficient (Wildman–Crippen LogP) is 1.56. The number of hydrogen-bond acceptors (Lipinski definition) is 4. The van der Waals surface area contributed by atoms with Crippen LogP contribution in [-0.4, -0.2) is 38.4 Å². The van der Waals surface area contributed by atoms with Crippen LogP contribution in [0.15, 0.2) is 23.1 Å². The van der Waals surface area contributed by atoms with Crippen molar-refractivity contribution in [3.8, 4) is 6.07 Å². The van der Waals surface area contributed by atoms with E-state index in [-0.39, 0.29) is 24.0 Å². The van der Waals surface area contributed by atoms with Crippen LogP contribution in [0.3, 0.4) is 0 Å². The minimum absolute atomic E-state index is 0.0478. The van der Waals surface area contributed by atoms with E-state index in [0.29, 0.717) is 12.6 Å². The molecular weight excluding hydrogens is 319 g/mol. The Hall–Kier alpha value is -1.63. The molecule has 0 bridgehead atoms. The molecule has 0 amide bonds. The molecule has 1 aliphatic rings. The molecule has 1 unspecified atom stereocenters. The molecule has 22 heavy (non-hydrogen) atoms. The first kappa shape index (κ1) is 16.7. The fourth-order valence-electron chi connectivity index (χ4n) is 2.29. The lowest BCUT2D eigenvalue weighted by molar-refractivity contribution is -0.137.